The minimum Gasteiger partial charge on any atom is -0.446 e. The molecule has 0 aliphatic carbocycles. The number of benzene rings is 1. The van der Waals surface area contributed by atoms with Gasteiger partial charge in [-0.15, -0.1) is 0 Å². The molecule has 2 N–H and O–H groups in total. The molecule has 1 heterocycles. The van der Waals surface area contributed by atoms with Gasteiger partial charge in [-0.3, -0.25) is 4.57 Å². The molecule has 0 amide bonds. The predicted octanol–water partition coefficient (Wildman–Crippen LogP) is 0.714. The molecule has 0 bridgehead atoms. The summed E-state index contributed by atoms with van der Waals surface area (Å²) in [5.41, 5.74) is 0.688. The maximum absolute atomic E-state index is 12.0. The fourth-order valence-corrected chi connectivity index (χ4v) is 1.82. The second kappa shape index (κ2) is 4.84. The monoisotopic (exact) mass is 247 g/mol. The van der Waals surface area contributed by atoms with Gasteiger partial charge in [0.1, 0.15) is 0 Å². The van der Waals surface area contributed by atoms with E-state index in [0.717, 1.165) is 5.39 Å². The van der Waals surface area contributed by atoms with Gasteiger partial charge < -0.3 is 14.8 Å². The molecule has 0 atom stereocenters. The third kappa shape index (κ3) is 2.25. The summed E-state index contributed by atoms with van der Waals surface area (Å²) in [7, 11) is -1.72. The van der Waals surface area contributed by atoms with E-state index in [1.165, 1.54) is 4.57 Å². The third-order valence-corrected chi connectivity index (χ3v) is 2.52. The minimum absolute atomic E-state index is 0.0989. The highest BCUT2D eigenvalue weighted by molar-refractivity contribution is 6.59. The molecule has 18 heavy (non-hydrogen) atoms. The van der Waals surface area contributed by atoms with Gasteiger partial charge in [-0.05, 0) is 31.4 Å². The van der Waals surface area contributed by atoms with E-state index in [0.29, 0.717) is 5.52 Å². The first-order valence-corrected chi connectivity index (χ1v) is 5.68. The van der Waals surface area contributed by atoms with Crippen molar-refractivity contribution in [2.45, 2.75) is 20.0 Å². The second-order valence-corrected chi connectivity index (χ2v) is 4.27. The maximum atomic E-state index is 12.0. The van der Waals surface area contributed by atoms with Crippen LogP contribution in [-0.4, -0.2) is 33.9 Å². The normalized spacial score (nSPS) is 10.9. The first kappa shape index (κ1) is 12.7. The average Bonchev–Trinajstić information content (AvgIpc) is 2.67. The van der Waals surface area contributed by atoms with Crippen LogP contribution in [0.25, 0.3) is 10.9 Å². The van der Waals surface area contributed by atoms with Gasteiger partial charge in [-0.2, -0.15) is 0 Å². The lowest BCUT2D eigenvalue weighted by Gasteiger charge is -2.12. The van der Waals surface area contributed by atoms with Crippen LogP contribution in [0.5, 0.6) is 0 Å². The molecule has 0 radical (unpaired) electrons. The van der Waals surface area contributed by atoms with Gasteiger partial charge in [-0.25, -0.2) is 4.79 Å². The molecule has 0 saturated heterocycles. The van der Waals surface area contributed by atoms with Crippen molar-refractivity contribution < 1.29 is 19.6 Å². The lowest BCUT2D eigenvalue weighted by Crippen LogP contribution is -2.39. The van der Waals surface area contributed by atoms with Gasteiger partial charge in [0.2, 0.25) is 0 Å². The van der Waals surface area contributed by atoms with Crippen molar-refractivity contribution in [2.75, 3.05) is 0 Å². The smallest absolute Gasteiger partial charge is 0.446 e. The van der Waals surface area contributed by atoms with Crippen LogP contribution in [0.3, 0.4) is 0 Å². The molecule has 5 nitrogen and oxygen atoms in total. The minimum atomic E-state index is -1.72. The molecular weight excluding hydrogens is 233 g/mol. The molecule has 0 saturated carbocycles. The first-order chi connectivity index (χ1) is 8.50. The predicted molar refractivity (Wildman–Crippen MR) is 68.8 cm³/mol. The Morgan fingerprint density at radius 2 is 2.00 bits per heavy atom. The molecule has 0 unspecified atom stereocenters. The number of carbonyl (C=O) groups excluding carboxylic acids is 1. The SMILES string of the molecule is CC(C)OC(=O)n1c(B(O)O)cc2ccccc21. The second-order valence-electron chi connectivity index (χ2n) is 4.27. The van der Waals surface area contributed by atoms with E-state index < -0.39 is 13.2 Å². The highest BCUT2D eigenvalue weighted by atomic mass is 16.6. The summed E-state index contributed by atoms with van der Waals surface area (Å²) in [5, 5.41) is 19.4. The summed E-state index contributed by atoms with van der Waals surface area (Å²) in [6.45, 7) is 3.47. The molecule has 1 aromatic carbocycles. The zero-order valence-electron chi connectivity index (χ0n) is 10.2. The topological polar surface area (TPSA) is 71.7 Å². The molecule has 0 fully saturated rings. The van der Waals surface area contributed by atoms with Crippen LogP contribution in [0.15, 0.2) is 30.3 Å². The largest absolute Gasteiger partial charge is 0.506 e. The Morgan fingerprint density at radius 3 is 2.61 bits per heavy atom. The fraction of sp³-hybridized carbons (Fsp3) is 0.250. The van der Waals surface area contributed by atoms with E-state index in [1.54, 1.807) is 38.1 Å². The molecule has 0 aliphatic rings. The summed E-state index contributed by atoms with van der Waals surface area (Å²) in [4.78, 5) is 12.0. The summed E-state index contributed by atoms with van der Waals surface area (Å²) < 4.78 is 6.28. The number of nitrogens with zero attached hydrogens (tertiary/aromatic N) is 1. The maximum Gasteiger partial charge on any atom is 0.506 e. The van der Waals surface area contributed by atoms with Crippen LogP contribution < -0.4 is 5.59 Å². The first-order valence-electron chi connectivity index (χ1n) is 5.68. The zero-order valence-corrected chi connectivity index (χ0v) is 10.2. The van der Waals surface area contributed by atoms with Gasteiger partial charge in [-0.1, -0.05) is 18.2 Å². The Kier molecular flexibility index (Phi) is 3.40. The van der Waals surface area contributed by atoms with E-state index in [4.69, 9.17) is 4.74 Å². The number of ether oxygens (including phenoxy) is 1. The van der Waals surface area contributed by atoms with E-state index in [-0.39, 0.29) is 11.7 Å². The summed E-state index contributed by atoms with van der Waals surface area (Å²) >= 11 is 0. The van der Waals surface area contributed by atoms with Crippen molar-refractivity contribution in [3.05, 3.63) is 30.3 Å². The number of para-hydroxylation sites is 1. The Hall–Kier alpha value is -1.79. The van der Waals surface area contributed by atoms with Crippen molar-refractivity contribution in [1.82, 2.24) is 4.57 Å². The molecule has 94 valence electrons. The molecule has 1 aromatic heterocycles. The molecule has 0 aliphatic heterocycles. The van der Waals surface area contributed by atoms with Crippen molar-refractivity contribution in [1.29, 1.82) is 0 Å². The number of rotatable bonds is 2. The zero-order chi connectivity index (χ0) is 13.3. The van der Waals surface area contributed by atoms with Crippen LogP contribution in [-0.2, 0) is 4.74 Å². The molecule has 2 aromatic rings. The number of hydrogen-bond donors (Lipinski definition) is 2. The van der Waals surface area contributed by atoms with Gasteiger partial charge in [0, 0.05) is 0 Å². The summed E-state index contributed by atoms with van der Waals surface area (Å²) in [6.07, 6.45) is -0.892. The Bertz CT molecular complexity index is 576. The number of fused-ring (bicyclic) bond motifs is 1. The standard InChI is InChI=1S/C12H14BNO4/c1-8(2)18-12(15)14-10-6-4-3-5-9(10)7-11(14)13(16)17/h3-8,16-17H,1-2H3. The van der Waals surface area contributed by atoms with Crippen LogP contribution in [0.4, 0.5) is 4.79 Å². The number of carbonyl (C=O) groups is 1. The van der Waals surface area contributed by atoms with Crippen LogP contribution >= 0.6 is 0 Å². The summed E-state index contributed by atoms with van der Waals surface area (Å²) in [6, 6.07) is 8.66. The molecule has 6 heteroatoms. The van der Waals surface area contributed by atoms with Gasteiger partial charge >= 0.3 is 13.2 Å². The number of hydrogen-bond acceptors (Lipinski definition) is 4. The van der Waals surface area contributed by atoms with Crippen LogP contribution in [0.2, 0.25) is 0 Å². The van der Waals surface area contributed by atoms with Crippen LogP contribution in [0.1, 0.15) is 13.8 Å². The van der Waals surface area contributed by atoms with Crippen molar-refractivity contribution in [3.8, 4) is 0 Å². The lowest BCUT2D eigenvalue weighted by molar-refractivity contribution is 0.118. The van der Waals surface area contributed by atoms with Gasteiger partial charge in [0.25, 0.3) is 0 Å². The van der Waals surface area contributed by atoms with E-state index in [9.17, 15) is 14.8 Å². The highest BCUT2D eigenvalue weighted by Gasteiger charge is 2.24. The van der Waals surface area contributed by atoms with E-state index in [1.807, 2.05) is 6.07 Å². The third-order valence-electron chi connectivity index (χ3n) is 2.52. The highest BCUT2D eigenvalue weighted by Crippen LogP contribution is 2.14. The Morgan fingerprint density at radius 1 is 1.33 bits per heavy atom. The van der Waals surface area contributed by atoms with Crippen molar-refractivity contribution in [2.24, 2.45) is 0 Å². The molecule has 0 spiro atoms. The Balaban J connectivity index is 2.58. The van der Waals surface area contributed by atoms with Gasteiger partial charge in [0.05, 0.1) is 17.2 Å². The molecule has 2 rings (SSSR count). The van der Waals surface area contributed by atoms with E-state index in [2.05, 4.69) is 0 Å². The van der Waals surface area contributed by atoms with Crippen molar-refractivity contribution >= 4 is 29.7 Å². The quantitative estimate of drug-likeness (QED) is 0.767. The lowest BCUT2D eigenvalue weighted by atomic mass is 9.86. The fourth-order valence-electron chi connectivity index (χ4n) is 1.82. The van der Waals surface area contributed by atoms with Crippen molar-refractivity contribution in [3.63, 3.8) is 0 Å². The Labute approximate surface area is 105 Å². The molecular formula is C12H14BNO4. The number of aromatic nitrogens is 1. The van der Waals surface area contributed by atoms with Gasteiger partial charge in [0.15, 0.2) is 0 Å². The van der Waals surface area contributed by atoms with E-state index >= 15 is 0 Å². The summed E-state index contributed by atoms with van der Waals surface area (Å²) in [5.74, 6) is 0. The average molecular weight is 247 g/mol. The van der Waals surface area contributed by atoms with Crippen LogP contribution in [0, 0.1) is 0 Å².